The van der Waals surface area contributed by atoms with E-state index in [1.165, 1.54) is 76.5 Å². The Hall–Kier alpha value is -0.340. The van der Waals surface area contributed by atoms with Gasteiger partial charge < -0.3 is 5.32 Å². The highest BCUT2D eigenvalue weighted by molar-refractivity contribution is 5.09. The van der Waals surface area contributed by atoms with E-state index in [1.807, 2.05) is 0 Å². The van der Waals surface area contributed by atoms with Gasteiger partial charge in [0.05, 0.1) is 0 Å². The van der Waals surface area contributed by atoms with Gasteiger partial charge in [-0.3, -0.25) is 4.90 Å². The normalized spacial score (nSPS) is 24.1. The van der Waals surface area contributed by atoms with Crippen molar-refractivity contribution >= 4 is 0 Å². The van der Waals surface area contributed by atoms with Crippen molar-refractivity contribution in [3.63, 3.8) is 0 Å². The summed E-state index contributed by atoms with van der Waals surface area (Å²) >= 11 is 0. The van der Waals surface area contributed by atoms with Crippen LogP contribution in [0.5, 0.6) is 0 Å². The molecule has 0 aromatic rings. The number of hydrogen-bond donors (Lipinski definition) is 1. The van der Waals surface area contributed by atoms with Gasteiger partial charge in [-0.25, -0.2) is 0 Å². The lowest BCUT2D eigenvalue weighted by atomic mass is 9.81. The van der Waals surface area contributed by atoms with Gasteiger partial charge in [0.2, 0.25) is 0 Å². The standard InChI is InChI=1S/C19H36N2/c1-4-13-20-18(16-17(3)5-2)19(11-7-8-12-19)21-14-9-6-10-15-21/h18,20H,3-16H2,1-2H3. The summed E-state index contributed by atoms with van der Waals surface area (Å²) < 4.78 is 0. The first-order valence-electron chi connectivity index (χ1n) is 9.38. The van der Waals surface area contributed by atoms with Crippen LogP contribution in [0.3, 0.4) is 0 Å². The molecule has 2 rings (SSSR count). The van der Waals surface area contributed by atoms with Gasteiger partial charge in [-0.15, -0.1) is 0 Å². The second kappa shape index (κ2) is 8.33. The van der Waals surface area contributed by atoms with Crippen molar-refractivity contribution in [1.29, 1.82) is 0 Å². The van der Waals surface area contributed by atoms with Gasteiger partial charge in [0, 0.05) is 11.6 Å². The molecule has 0 spiro atoms. The Labute approximate surface area is 132 Å². The molecule has 1 heterocycles. The van der Waals surface area contributed by atoms with E-state index in [4.69, 9.17) is 0 Å². The van der Waals surface area contributed by atoms with E-state index in [2.05, 4.69) is 30.6 Å². The summed E-state index contributed by atoms with van der Waals surface area (Å²) in [5.41, 5.74) is 1.85. The van der Waals surface area contributed by atoms with Crippen molar-refractivity contribution in [2.24, 2.45) is 0 Å². The Morgan fingerprint density at radius 1 is 1.10 bits per heavy atom. The van der Waals surface area contributed by atoms with E-state index in [1.54, 1.807) is 0 Å². The number of nitrogens with one attached hydrogen (secondary N) is 1. The molecule has 2 heteroatoms. The first kappa shape index (κ1) is 17.0. The first-order chi connectivity index (χ1) is 10.2. The quantitative estimate of drug-likeness (QED) is 0.662. The summed E-state index contributed by atoms with van der Waals surface area (Å²) in [6.07, 6.45) is 13.4. The molecule has 1 saturated carbocycles. The molecule has 1 N–H and O–H groups in total. The minimum absolute atomic E-state index is 0.424. The minimum Gasteiger partial charge on any atom is -0.312 e. The fourth-order valence-electron chi connectivity index (χ4n) is 4.42. The zero-order chi connectivity index (χ0) is 15.1. The molecular formula is C19H36N2. The van der Waals surface area contributed by atoms with Crippen molar-refractivity contribution in [1.82, 2.24) is 10.2 Å². The molecule has 0 aromatic heterocycles. The SMILES string of the molecule is C=C(CC)CC(NCCC)C1(N2CCCCC2)CCCC1. The molecule has 2 nitrogen and oxygen atoms in total. The summed E-state index contributed by atoms with van der Waals surface area (Å²) in [5.74, 6) is 0. The van der Waals surface area contributed by atoms with Crippen LogP contribution in [0.25, 0.3) is 0 Å². The van der Waals surface area contributed by atoms with Gasteiger partial charge in [-0.05, 0) is 64.6 Å². The molecular weight excluding hydrogens is 256 g/mol. The van der Waals surface area contributed by atoms with Gasteiger partial charge >= 0.3 is 0 Å². The molecule has 21 heavy (non-hydrogen) atoms. The molecule has 0 radical (unpaired) electrons. The lowest BCUT2D eigenvalue weighted by molar-refractivity contribution is 0.0365. The van der Waals surface area contributed by atoms with Crippen LogP contribution in [0.2, 0.25) is 0 Å². The highest BCUT2D eigenvalue weighted by atomic mass is 15.2. The highest BCUT2D eigenvalue weighted by Crippen LogP contribution is 2.41. The molecule has 0 aromatic carbocycles. The van der Waals surface area contributed by atoms with Crippen molar-refractivity contribution in [2.45, 2.75) is 89.6 Å². The summed E-state index contributed by atoms with van der Waals surface area (Å²) in [6, 6.07) is 0.616. The van der Waals surface area contributed by atoms with E-state index < -0.39 is 0 Å². The van der Waals surface area contributed by atoms with Crippen LogP contribution < -0.4 is 5.32 Å². The molecule has 1 unspecified atom stereocenters. The largest absolute Gasteiger partial charge is 0.312 e. The van der Waals surface area contributed by atoms with Crippen molar-refractivity contribution in [3.8, 4) is 0 Å². The molecule has 2 aliphatic rings. The average Bonchev–Trinajstić information content (AvgIpc) is 3.02. The fraction of sp³-hybridized carbons (Fsp3) is 0.895. The molecule has 1 aliphatic heterocycles. The van der Waals surface area contributed by atoms with E-state index in [9.17, 15) is 0 Å². The van der Waals surface area contributed by atoms with Crippen LogP contribution in [-0.4, -0.2) is 36.1 Å². The molecule has 2 fully saturated rings. The van der Waals surface area contributed by atoms with Crippen LogP contribution in [0, 0.1) is 0 Å². The maximum absolute atomic E-state index is 4.31. The van der Waals surface area contributed by atoms with Crippen molar-refractivity contribution in [2.75, 3.05) is 19.6 Å². The van der Waals surface area contributed by atoms with Gasteiger partial charge in [0.15, 0.2) is 0 Å². The minimum atomic E-state index is 0.424. The molecule has 122 valence electrons. The summed E-state index contributed by atoms with van der Waals surface area (Å²) in [4.78, 5) is 2.86. The zero-order valence-electron chi connectivity index (χ0n) is 14.4. The summed E-state index contributed by atoms with van der Waals surface area (Å²) in [7, 11) is 0. The van der Waals surface area contributed by atoms with Gasteiger partial charge in [-0.2, -0.15) is 0 Å². The topological polar surface area (TPSA) is 15.3 Å². The maximum atomic E-state index is 4.31. The molecule has 0 amide bonds. The third kappa shape index (κ3) is 4.10. The number of nitrogens with zero attached hydrogens (tertiary/aromatic N) is 1. The molecule has 0 bridgehead atoms. The van der Waals surface area contributed by atoms with Gasteiger partial charge in [0.25, 0.3) is 0 Å². The number of rotatable bonds is 8. The summed E-state index contributed by atoms with van der Waals surface area (Å²) in [6.45, 7) is 12.6. The first-order valence-corrected chi connectivity index (χ1v) is 9.38. The third-order valence-corrected chi connectivity index (χ3v) is 5.74. The molecule has 1 saturated heterocycles. The van der Waals surface area contributed by atoms with E-state index in [0.29, 0.717) is 11.6 Å². The highest BCUT2D eigenvalue weighted by Gasteiger charge is 2.45. The Kier molecular flexibility index (Phi) is 6.75. The molecule has 1 atom stereocenters. The second-order valence-corrected chi connectivity index (χ2v) is 7.17. The van der Waals surface area contributed by atoms with E-state index in [0.717, 1.165) is 13.0 Å². The lowest BCUT2D eigenvalue weighted by Crippen LogP contribution is -2.61. The lowest BCUT2D eigenvalue weighted by Gasteiger charge is -2.49. The van der Waals surface area contributed by atoms with Crippen LogP contribution in [-0.2, 0) is 0 Å². The number of piperidine rings is 1. The summed E-state index contributed by atoms with van der Waals surface area (Å²) in [5, 5.41) is 3.91. The fourth-order valence-corrected chi connectivity index (χ4v) is 4.42. The number of likely N-dealkylation sites (tertiary alicyclic amines) is 1. The van der Waals surface area contributed by atoms with Crippen molar-refractivity contribution < 1.29 is 0 Å². The van der Waals surface area contributed by atoms with Crippen LogP contribution in [0.15, 0.2) is 12.2 Å². The number of hydrogen-bond acceptors (Lipinski definition) is 2. The maximum Gasteiger partial charge on any atom is 0.0365 e. The smallest absolute Gasteiger partial charge is 0.0365 e. The van der Waals surface area contributed by atoms with Gasteiger partial charge in [0.1, 0.15) is 0 Å². The average molecular weight is 293 g/mol. The van der Waals surface area contributed by atoms with Crippen LogP contribution in [0.4, 0.5) is 0 Å². The third-order valence-electron chi connectivity index (χ3n) is 5.74. The predicted molar refractivity (Wildman–Crippen MR) is 92.8 cm³/mol. The Morgan fingerprint density at radius 2 is 1.76 bits per heavy atom. The van der Waals surface area contributed by atoms with Crippen LogP contribution >= 0.6 is 0 Å². The van der Waals surface area contributed by atoms with E-state index >= 15 is 0 Å². The Balaban J connectivity index is 2.15. The van der Waals surface area contributed by atoms with Crippen molar-refractivity contribution in [3.05, 3.63) is 12.2 Å². The van der Waals surface area contributed by atoms with Gasteiger partial charge in [-0.1, -0.05) is 45.3 Å². The molecule has 1 aliphatic carbocycles. The Morgan fingerprint density at radius 3 is 2.33 bits per heavy atom. The predicted octanol–water partition coefficient (Wildman–Crippen LogP) is 4.51. The van der Waals surface area contributed by atoms with E-state index in [-0.39, 0.29) is 0 Å². The zero-order valence-corrected chi connectivity index (χ0v) is 14.4. The van der Waals surface area contributed by atoms with Crippen LogP contribution in [0.1, 0.15) is 78.1 Å². The second-order valence-electron chi connectivity index (χ2n) is 7.17. The Bertz CT molecular complexity index is 312. The monoisotopic (exact) mass is 292 g/mol.